The van der Waals surface area contributed by atoms with Crippen molar-refractivity contribution in [3.8, 4) is 0 Å². The second kappa shape index (κ2) is 7.42. The summed E-state index contributed by atoms with van der Waals surface area (Å²) in [7, 11) is -4.69. The summed E-state index contributed by atoms with van der Waals surface area (Å²) in [4.78, 5) is 39.7. The first-order valence-corrected chi connectivity index (χ1v) is 9.25. The highest BCUT2D eigenvalue weighted by Gasteiger charge is 2.42. The van der Waals surface area contributed by atoms with E-state index in [0.717, 1.165) is 0 Å². The summed E-state index contributed by atoms with van der Waals surface area (Å²) in [6.07, 6.45) is -0.280. The van der Waals surface area contributed by atoms with Crippen LogP contribution in [0.3, 0.4) is 0 Å². The molecule has 0 radical (unpaired) electrons. The fourth-order valence-corrected chi connectivity index (χ4v) is 3.49. The van der Waals surface area contributed by atoms with Gasteiger partial charge in [-0.15, -0.1) is 5.06 Å². The summed E-state index contributed by atoms with van der Waals surface area (Å²) < 4.78 is 31.8. The average molecular weight is 353 g/mol. The number of hydrogen-bond acceptors (Lipinski definition) is 7. The van der Waals surface area contributed by atoms with E-state index >= 15 is 0 Å². The van der Waals surface area contributed by atoms with Gasteiger partial charge in [-0.1, -0.05) is 20.8 Å². The molecular weight excluding hydrogens is 334 g/mol. The maximum Gasteiger partial charge on any atom is 0.353 e. The van der Waals surface area contributed by atoms with Crippen LogP contribution in [0.2, 0.25) is 0 Å². The van der Waals surface area contributed by atoms with Crippen LogP contribution >= 0.6 is 11.8 Å². The first-order chi connectivity index (χ1) is 10.0. The van der Waals surface area contributed by atoms with Gasteiger partial charge in [-0.25, -0.2) is 4.79 Å². The zero-order valence-electron chi connectivity index (χ0n) is 12.5. The van der Waals surface area contributed by atoms with Gasteiger partial charge in [-0.2, -0.15) is 20.2 Å². The van der Waals surface area contributed by atoms with Gasteiger partial charge in [0.25, 0.3) is 21.9 Å². The molecule has 0 bridgehead atoms. The van der Waals surface area contributed by atoms with E-state index in [2.05, 4.69) is 4.84 Å². The second-order valence-corrected chi connectivity index (χ2v) is 8.54. The second-order valence-electron chi connectivity index (χ2n) is 5.25. The largest absolute Gasteiger partial charge is 0.353 e. The van der Waals surface area contributed by atoms with E-state index in [4.69, 9.17) is 4.55 Å². The lowest BCUT2D eigenvalue weighted by atomic mass is 10.1. The predicted molar refractivity (Wildman–Crippen MR) is 79.3 cm³/mol. The number of nitrogens with zero attached hydrogens (tertiary/aromatic N) is 1. The van der Waals surface area contributed by atoms with Gasteiger partial charge in [0.05, 0.1) is 0 Å². The van der Waals surface area contributed by atoms with Crippen LogP contribution in [0.15, 0.2) is 0 Å². The third-order valence-electron chi connectivity index (χ3n) is 2.96. The van der Waals surface area contributed by atoms with Crippen LogP contribution in [-0.2, 0) is 29.3 Å². The van der Waals surface area contributed by atoms with E-state index < -0.39 is 39.1 Å². The van der Waals surface area contributed by atoms with Crippen LogP contribution in [0.25, 0.3) is 0 Å². The van der Waals surface area contributed by atoms with Crippen molar-refractivity contribution in [3.63, 3.8) is 0 Å². The fraction of sp³-hybridized carbons (Fsp3) is 0.750. The molecule has 1 aliphatic heterocycles. The minimum atomic E-state index is -4.69. The molecular formula is C12H19NO7S2. The number of hydrogen-bond donors (Lipinski definition) is 1. The number of carbonyl (C=O) groups excluding carboxylic acids is 3. The standard InChI is InChI=1S/C12H19NO7S2/c1-7(2)21-5-4-9(22(17,18)19)12(16)20-13-10(14)6-8(3)11(13)15/h7-9H,4-6H2,1-3H3,(H,17,18,19). The highest BCUT2D eigenvalue weighted by atomic mass is 32.2. The van der Waals surface area contributed by atoms with E-state index in [0.29, 0.717) is 5.75 Å². The number of imide groups is 1. The summed E-state index contributed by atoms with van der Waals surface area (Å²) in [6, 6.07) is 0. The molecule has 0 aromatic heterocycles. The molecule has 1 rings (SSSR count). The molecule has 0 aromatic rings. The Balaban J connectivity index is 2.76. The van der Waals surface area contributed by atoms with Crippen molar-refractivity contribution < 1.29 is 32.2 Å². The third kappa shape index (κ3) is 4.96. The first-order valence-electron chi connectivity index (χ1n) is 6.70. The molecule has 2 atom stereocenters. The molecule has 1 fully saturated rings. The highest BCUT2D eigenvalue weighted by molar-refractivity contribution is 7.99. The van der Waals surface area contributed by atoms with Gasteiger partial charge in [0.15, 0.2) is 5.25 Å². The smallest absolute Gasteiger partial charge is 0.329 e. The van der Waals surface area contributed by atoms with E-state index in [1.807, 2.05) is 13.8 Å². The van der Waals surface area contributed by atoms with E-state index in [-0.39, 0.29) is 23.2 Å². The minimum absolute atomic E-state index is 0.105. The summed E-state index contributed by atoms with van der Waals surface area (Å²) in [5.41, 5.74) is 0. The molecule has 0 saturated carbocycles. The SMILES string of the molecule is CC(C)SCCC(C(=O)ON1C(=O)CC(C)C1=O)S(=O)(=O)O. The Bertz CT molecular complexity index is 558. The molecule has 10 heteroatoms. The average Bonchev–Trinajstić information content (AvgIpc) is 2.59. The molecule has 1 saturated heterocycles. The molecule has 0 aliphatic carbocycles. The Kier molecular flexibility index (Phi) is 6.38. The summed E-state index contributed by atoms with van der Waals surface area (Å²) in [5, 5.41) is -1.32. The molecule has 0 spiro atoms. The quantitative estimate of drug-likeness (QED) is 0.523. The van der Waals surface area contributed by atoms with Crippen molar-refractivity contribution >= 4 is 39.7 Å². The number of rotatable bonds is 7. The summed E-state index contributed by atoms with van der Waals surface area (Å²) in [6.45, 7) is 5.29. The normalized spacial score (nSPS) is 20.6. The third-order valence-corrected chi connectivity index (χ3v) is 5.25. The topological polar surface area (TPSA) is 118 Å². The first kappa shape index (κ1) is 18.9. The number of hydroxylamine groups is 2. The molecule has 1 aliphatic rings. The van der Waals surface area contributed by atoms with Crippen molar-refractivity contribution in [1.82, 2.24) is 5.06 Å². The monoisotopic (exact) mass is 353 g/mol. The van der Waals surface area contributed by atoms with Crippen LogP contribution < -0.4 is 0 Å². The van der Waals surface area contributed by atoms with Crippen LogP contribution in [-0.4, -0.2) is 52.1 Å². The Hall–Kier alpha value is -1.13. The Morgan fingerprint density at radius 2 is 2.05 bits per heavy atom. The van der Waals surface area contributed by atoms with Crippen molar-refractivity contribution in [2.24, 2.45) is 5.92 Å². The van der Waals surface area contributed by atoms with E-state index in [9.17, 15) is 22.8 Å². The summed E-state index contributed by atoms with van der Waals surface area (Å²) in [5.74, 6) is -3.07. The van der Waals surface area contributed by atoms with Crippen molar-refractivity contribution in [2.45, 2.75) is 44.1 Å². The number of amides is 2. The van der Waals surface area contributed by atoms with Gasteiger partial charge in [0.2, 0.25) is 0 Å². The molecule has 1 heterocycles. The van der Waals surface area contributed by atoms with Gasteiger partial charge in [-0.05, 0) is 17.4 Å². The molecule has 0 aromatic carbocycles. The molecule has 8 nitrogen and oxygen atoms in total. The maximum atomic E-state index is 11.9. The fourth-order valence-electron chi connectivity index (χ4n) is 1.80. The van der Waals surface area contributed by atoms with Crippen LogP contribution in [0.5, 0.6) is 0 Å². The molecule has 2 unspecified atom stereocenters. The highest BCUT2D eigenvalue weighted by Crippen LogP contribution is 2.21. The van der Waals surface area contributed by atoms with Crippen LogP contribution in [0.4, 0.5) is 0 Å². The Labute approximate surface area is 133 Å². The zero-order chi connectivity index (χ0) is 17.1. The predicted octanol–water partition coefficient (Wildman–Crippen LogP) is 0.628. The number of carbonyl (C=O) groups is 3. The van der Waals surface area contributed by atoms with Crippen molar-refractivity contribution in [3.05, 3.63) is 0 Å². The molecule has 126 valence electrons. The minimum Gasteiger partial charge on any atom is -0.329 e. The molecule has 22 heavy (non-hydrogen) atoms. The van der Waals surface area contributed by atoms with Crippen molar-refractivity contribution in [1.29, 1.82) is 0 Å². The van der Waals surface area contributed by atoms with Gasteiger partial charge in [0, 0.05) is 12.3 Å². The van der Waals surface area contributed by atoms with Crippen LogP contribution in [0, 0.1) is 5.92 Å². The summed E-state index contributed by atoms with van der Waals surface area (Å²) >= 11 is 1.41. The van der Waals surface area contributed by atoms with Gasteiger partial charge < -0.3 is 4.84 Å². The van der Waals surface area contributed by atoms with E-state index in [1.54, 1.807) is 0 Å². The van der Waals surface area contributed by atoms with Gasteiger partial charge in [-0.3, -0.25) is 14.1 Å². The molecule has 2 amide bonds. The lowest BCUT2D eigenvalue weighted by Gasteiger charge is -2.17. The zero-order valence-corrected chi connectivity index (χ0v) is 14.1. The van der Waals surface area contributed by atoms with Gasteiger partial charge >= 0.3 is 5.97 Å². The molecule has 1 N–H and O–H groups in total. The Morgan fingerprint density at radius 1 is 1.45 bits per heavy atom. The van der Waals surface area contributed by atoms with Crippen molar-refractivity contribution in [2.75, 3.05) is 5.75 Å². The maximum absolute atomic E-state index is 11.9. The van der Waals surface area contributed by atoms with Gasteiger partial charge in [0.1, 0.15) is 0 Å². The van der Waals surface area contributed by atoms with Crippen LogP contribution in [0.1, 0.15) is 33.6 Å². The van der Waals surface area contributed by atoms with E-state index in [1.165, 1.54) is 18.7 Å². The lowest BCUT2D eigenvalue weighted by molar-refractivity contribution is -0.197. The Morgan fingerprint density at radius 3 is 2.45 bits per heavy atom. The lowest BCUT2D eigenvalue weighted by Crippen LogP contribution is -2.40. The number of thioether (sulfide) groups is 1.